The molecule has 0 aliphatic carbocycles. The molecule has 0 radical (unpaired) electrons. The lowest BCUT2D eigenvalue weighted by molar-refractivity contribution is -0.144. The van der Waals surface area contributed by atoms with Crippen LogP contribution < -0.4 is 5.32 Å². The van der Waals surface area contributed by atoms with Crippen molar-refractivity contribution in [2.24, 2.45) is 0 Å². The van der Waals surface area contributed by atoms with Crippen LogP contribution >= 0.6 is 11.3 Å². The number of carboxylic acids is 1. The number of carbonyl (C=O) groups is 3. The minimum absolute atomic E-state index is 0.0674. The van der Waals surface area contributed by atoms with Crippen molar-refractivity contribution in [2.75, 3.05) is 19.6 Å². The number of benzene rings is 1. The largest absolute Gasteiger partial charge is 0.480 e. The second-order valence-electron chi connectivity index (χ2n) is 5.46. The van der Waals surface area contributed by atoms with Gasteiger partial charge < -0.3 is 15.3 Å². The molecule has 1 aromatic heterocycles. The fourth-order valence-electron chi connectivity index (χ4n) is 2.30. The molecule has 6 nitrogen and oxygen atoms in total. The zero-order valence-electron chi connectivity index (χ0n) is 13.7. The number of rotatable bonds is 9. The average molecular weight is 360 g/mol. The SMILES string of the molecule is O=C(O)CN(CCc1ccccc1)C(=O)CCNC(=O)c1ccsc1. The summed E-state index contributed by atoms with van der Waals surface area (Å²) in [6, 6.07) is 11.3. The lowest BCUT2D eigenvalue weighted by atomic mass is 10.1. The standard InChI is InChI=1S/C18H20N2O4S/c21-16(6-9-19-18(24)15-8-11-25-13-15)20(12-17(22)23)10-7-14-4-2-1-3-5-14/h1-5,8,11,13H,6-7,9-10,12H2,(H,19,24)(H,22,23). The van der Waals surface area contributed by atoms with Crippen LogP contribution in [0.15, 0.2) is 47.2 Å². The number of nitrogens with zero attached hydrogens (tertiary/aromatic N) is 1. The first-order chi connectivity index (χ1) is 12.1. The van der Waals surface area contributed by atoms with E-state index >= 15 is 0 Å². The molecule has 2 aromatic rings. The molecule has 0 saturated carbocycles. The number of thiophene rings is 1. The Kier molecular flexibility index (Phi) is 7.16. The molecule has 2 amide bonds. The van der Waals surface area contributed by atoms with Gasteiger partial charge in [-0.25, -0.2) is 0 Å². The zero-order chi connectivity index (χ0) is 18.1. The van der Waals surface area contributed by atoms with Gasteiger partial charge in [0.1, 0.15) is 6.54 Å². The normalized spacial score (nSPS) is 10.2. The predicted octanol–water partition coefficient (Wildman–Crippen LogP) is 2.02. The van der Waals surface area contributed by atoms with Gasteiger partial charge in [0.05, 0.1) is 0 Å². The molecule has 132 valence electrons. The number of hydrogen-bond donors (Lipinski definition) is 2. The molecule has 2 rings (SSSR count). The second-order valence-corrected chi connectivity index (χ2v) is 6.24. The molecule has 0 aliphatic heterocycles. The minimum Gasteiger partial charge on any atom is -0.480 e. The topological polar surface area (TPSA) is 86.7 Å². The van der Waals surface area contributed by atoms with Crippen molar-refractivity contribution >= 4 is 29.1 Å². The monoisotopic (exact) mass is 360 g/mol. The molecule has 0 aliphatic rings. The van der Waals surface area contributed by atoms with Gasteiger partial charge in [-0.2, -0.15) is 11.3 Å². The van der Waals surface area contributed by atoms with E-state index in [0.717, 1.165) is 5.56 Å². The summed E-state index contributed by atoms with van der Waals surface area (Å²) in [6.45, 7) is 0.159. The van der Waals surface area contributed by atoms with Crippen LogP contribution in [0.3, 0.4) is 0 Å². The Morgan fingerprint density at radius 1 is 1.12 bits per heavy atom. The van der Waals surface area contributed by atoms with Crippen molar-refractivity contribution in [3.8, 4) is 0 Å². The molecular weight excluding hydrogens is 340 g/mol. The van der Waals surface area contributed by atoms with Crippen LogP contribution in [0.4, 0.5) is 0 Å². The molecule has 2 N–H and O–H groups in total. The lowest BCUT2D eigenvalue weighted by Gasteiger charge is -2.21. The first kappa shape index (κ1) is 18.7. The molecule has 0 unspecified atom stereocenters. The summed E-state index contributed by atoms with van der Waals surface area (Å²) < 4.78 is 0. The van der Waals surface area contributed by atoms with E-state index in [1.54, 1.807) is 16.8 Å². The highest BCUT2D eigenvalue weighted by atomic mass is 32.1. The summed E-state index contributed by atoms with van der Waals surface area (Å²) >= 11 is 1.42. The number of amides is 2. The lowest BCUT2D eigenvalue weighted by Crippen LogP contribution is -2.39. The fourth-order valence-corrected chi connectivity index (χ4v) is 2.94. The third-order valence-corrected chi connectivity index (χ3v) is 4.28. The molecule has 0 saturated heterocycles. The molecule has 7 heteroatoms. The first-order valence-electron chi connectivity index (χ1n) is 7.90. The maximum absolute atomic E-state index is 12.3. The fraction of sp³-hybridized carbons (Fsp3) is 0.278. The van der Waals surface area contributed by atoms with Gasteiger partial charge in [-0.3, -0.25) is 14.4 Å². The molecule has 1 heterocycles. The summed E-state index contributed by atoms with van der Waals surface area (Å²) in [6.07, 6.45) is 0.652. The summed E-state index contributed by atoms with van der Waals surface area (Å²) in [7, 11) is 0. The van der Waals surface area contributed by atoms with Gasteiger partial charge in [-0.05, 0) is 23.4 Å². The van der Waals surface area contributed by atoms with Gasteiger partial charge in [0.25, 0.3) is 5.91 Å². The van der Waals surface area contributed by atoms with Crippen LogP contribution in [-0.2, 0) is 16.0 Å². The summed E-state index contributed by atoms with van der Waals surface area (Å²) in [5.74, 6) is -1.57. The van der Waals surface area contributed by atoms with Gasteiger partial charge in [-0.1, -0.05) is 30.3 Å². The number of carboxylic acid groups (broad SMARTS) is 1. The third-order valence-electron chi connectivity index (χ3n) is 3.60. The van der Waals surface area contributed by atoms with E-state index in [-0.39, 0.29) is 31.3 Å². The Hall–Kier alpha value is -2.67. The Morgan fingerprint density at radius 3 is 2.52 bits per heavy atom. The quantitative estimate of drug-likeness (QED) is 0.716. The molecular formula is C18H20N2O4S. The Labute approximate surface area is 150 Å². The van der Waals surface area contributed by atoms with Crippen LogP contribution in [0, 0.1) is 0 Å². The Balaban J connectivity index is 1.82. The number of nitrogens with one attached hydrogen (secondary N) is 1. The van der Waals surface area contributed by atoms with Crippen LogP contribution in [0.5, 0.6) is 0 Å². The molecule has 0 spiro atoms. The van der Waals surface area contributed by atoms with Crippen molar-refractivity contribution in [3.63, 3.8) is 0 Å². The Bertz CT molecular complexity index is 701. The molecule has 0 bridgehead atoms. The van der Waals surface area contributed by atoms with Gasteiger partial charge >= 0.3 is 5.97 Å². The van der Waals surface area contributed by atoms with E-state index in [0.29, 0.717) is 18.5 Å². The van der Waals surface area contributed by atoms with Crippen molar-refractivity contribution in [3.05, 3.63) is 58.3 Å². The number of carbonyl (C=O) groups excluding carboxylic acids is 2. The number of hydrogen-bond acceptors (Lipinski definition) is 4. The highest BCUT2D eigenvalue weighted by molar-refractivity contribution is 7.08. The average Bonchev–Trinajstić information content (AvgIpc) is 3.13. The van der Waals surface area contributed by atoms with E-state index < -0.39 is 5.97 Å². The van der Waals surface area contributed by atoms with Gasteiger partial charge in [0.15, 0.2) is 0 Å². The van der Waals surface area contributed by atoms with Crippen molar-refractivity contribution in [2.45, 2.75) is 12.8 Å². The Morgan fingerprint density at radius 2 is 1.88 bits per heavy atom. The molecule has 25 heavy (non-hydrogen) atoms. The third kappa shape index (κ3) is 6.39. The van der Waals surface area contributed by atoms with E-state index in [4.69, 9.17) is 5.11 Å². The van der Waals surface area contributed by atoms with Crippen molar-refractivity contribution in [1.29, 1.82) is 0 Å². The van der Waals surface area contributed by atoms with Crippen LogP contribution in [0.1, 0.15) is 22.3 Å². The maximum atomic E-state index is 12.3. The predicted molar refractivity (Wildman–Crippen MR) is 95.6 cm³/mol. The number of aliphatic carboxylic acids is 1. The van der Waals surface area contributed by atoms with Crippen LogP contribution in [0.25, 0.3) is 0 Å². The highest BCUT2D eigenvalue weighted by Crippen LogP contribution is 2.06. The van der Waals surface area contributed by atoms with Crippen molar-refractivity contribution < 1.29 is 19.5 Å². The summed E-state index contributed by atoms with van der Waals surface area (Å²) in [5, 5.41) is 15.2. The minimum atomic E-state index is -1.05. The van der Waals surface area contributed by atoms with Crippen LogP contribution in [-0.4, -0.2) is 47.4 Å². The van der Waals surface area contributed by atoms with Gasteiger partial charge in [0.2, 0.25) is 5.91 Å². The highest BCUT2D eigenvalue weighted by Gasteiger charge is 2.17. The van der Waals surface area contributed by atoms with Crippen LogP contribution in [0.2, 0.25) is 0 Å². The molecule has 1 aromatic carbocycles. The first-order valence-corrected chi connectivity index (χ1v) is 8.84. The zero-order valence-corrected chi connectivity index (χ0v) is 14.5. The molecule has 0 atom stereocenters. The van der Waals surface area contributed by atoms with E-state index in [2.05, 4.69) is 5.32 Å². The van der Waals surface area contributed by atoms with E-state index in [1.807, 2.05) is 30.3 Å². The maximum Gasteiger partial charge on any atom is 0.323 e. The smallest absolute Gasteiger partial charge is 0.323 e. The van der Waals surface area contributed by atoms with Gasteiger partial charge in [0, 0.05) is 30.5 Å². The van der Waals surface area contributed by atoms with E-state index in [9.17, 15) is 14.4 Å². The van der Waals surface area contributed by atoms with Crippen molar-refractivity contribution in [1.82, 2.24) is 10.2 Å². The summed E-state index contributed by atoms with van der Waals surface area (Å²) in [5.41, 5.74) is 1.60. The second kappa shape index (κ2) is 9.58. The molecule has 0 fully saturated rings. The summed E-state index contributed by atoms with van der Waals surface area (Å²) in [4.78, 5) is 36.4. The van der Waals surface area contributed by atoms with E-state index in [1.165, 1.54) is 16.2 Å². The van der Waals surface area contributed by atoms with Gasteiger partial charge in [-0.15, -0.1) is 0 Å².